The lowest BCUT2D eigenvalue weighted by molar-refractivity contribution is 0.188. The smallest absolute Gasteiger partial charge is 0.127 e. The van der Waals surface area contributed by atoms with Crippen LogP contribution in [0, 0.1) is 17.7 Å². The summed E-state index contributed by atoms with van der Waals surface area (Å²) in [6.45, 7) is 4.13. The number of halogens is 2. The highest BCUT2D eigenvalue weighted by molar-refractivity contribution is 6.30. The van der Waals surface area contributed by atoms with E-state index in [-0.39, 0.29) is 18.3 Å². The molecule has 1 atom stereocenters. The van der Waals surface area contributed by atoms with Crippen LogP contribution in [-0.2, 0) is 6.42 Å². The third kappa shape index (κ3) is 3.47. The van der Waals surface area contributed by atoms with E-state index in [0.29, 0.717) is 22.9 Å². The molecule has 3 heteroatoms. The molecule has 0 saturated heterocycles. The summed E-state index contributed by atoms with van der Waals surface area (Å²) >= 11 is 5.66. The van der Waals surface area contributed by atoms with E-state index in [0.717, 1.165) is 0 Å². The molecule has 0 fully saturated rings. The monoisotopic (exact) mass is 230 g/mol. The van der Waals surface area contributed by atoms with Gasteiger partial charge < -0.3 is 5.11 Å². The largest absolute Gasteiger partial charge is 0.396 e. The minimum absolute atomic E-state index is 0.0831. The standard InChI is InChI=1S/C12H16ClFO/c1-8(2)10(7-15)5-9-3-4-11(13)6-12(9)14/h3-4,6,8,10,15H,5,7H2,1-2H3. The number of hydrogen-bond acceptors (Lipinski definition) is 1. The van der Waals surface area contributed by atoms with Crippen molar-refractivity contribution in [3.63, 3.8) is 0 Å². The summed E-state index contributed by atoms with van der Waals surface area (Å²) in [4.78, 5) is 0. The fraction of sp³-hybridized carbons (Fsp3) is 0.500. The van der Waals surface area contributed by atoms with Gasteiger partial charge in [0.15, 0.2) is 0 Å². The summed E-state index contributed by atoms with van der Waals surface area (Å²) in [7, 11) is 0. The van der Waals surface area contributed by atoms with Crippen molar-refractivity contribution in [3.8, 4) is 0 Å². The van der Waals surface area contributed by atoms with E-state index in [1.54, 1.807) is 12.1 Å². The van der Waals surface area contributed by atoms with Crippen LogP contribution >= 0.6 is 11.6 Å². The molecule has 1 nitrogen and oxygen atoms in total. The zero-order valence-corrected chi connectivity index (χ0v) is 9.76. The molecule has 0 spiro atoms. The van der Waals surface area contributed by atoms with Crippen LogP contribution in [0.5, 0.6) is 0 Å². The third-order valence-corrected chi connectivity index (χ3v) is 2.91. The lowest BCUT2D eigenvalue weighted by atomic mass is 9.90. The summed E-state index contributed by atoms with van der Waals surface area (Å²) in [6, 6.07) is 4.67. The molecule has 1 N–H and O–H groups in total. The number of hydrogen-bond donors (Lipinski definition) is 1. The molecule has 1 aromatic carbocycles. The number of benzene rings is 1. The van der Waals surface area contributed by atoms with Crippen LogP contribution in [0.15, 0.2) is 18.2 Å². The van der Waals surface area contributed by atoms with Crippen molar-refractivity contribution in [2.24, 2.45) is 11.8 Å². The first-order valence-electron chi connectivity index (χ1n) is 5.09. The van der Waals surface area contributed by atoms with Crippen LogP contribution in [0.25, 0.3) is 0 Å². The second kappa shape index (κ2) is 5.47. The molecule has 0 bridgehead atoms. The van der Waals surface area contributed by atoms with Crippen molar-refractivity contribution >= 4 is 11.6 Å². The van der Waals surface area contributed by atoms with E-state index < -0.39 is 0 Å². The van der Waals surface area contributed by atoms with E-state index in [2.05, 4.69) is 0 Å². The molecule has 15 heavy (non-hydrogen) atoms. The molecule has 1 aromatic rings. The van der Waals surface area contributed by atoms with Crippen molar-refractivity contribution < 1.29 is 9.50 Å². The Hall–Kier alpha value is -0.600. The Kier molecular flexibility index (Phi) is 4.55. The molecular weight excluding hydrogens is 215 g/mol. The predicted molar refractivity (Wildman–Crippen MR) is 60.5 cm³/mol. The Morgan fingerprint density at radius 1 is 1.40 bits per heavy atom. The minimum Gasteiger partial charge on any atom is -0.396 e. The van der Waals surface area contributed by atoms with Crippen LogP contribution in [-0.4, -0.2) is 11.7 Å². The van der Waals surface area contributed by atoms with Crippen LogP contribution < -0.4 is 0 Å². The number of aliphatic hydroxyl groups is 1. The van der Waals surface area contributed by atoms with Gasteiger partial charge in [0.1, 0.15) is 5.82 Å². The van der Waals surface area contributed by atoms with Gasteiger partial charge in [-0.25, -0.2) is 4.39 Å². The van der Waals surface area contributed by atoms with Crippen molar-refractivity contribution in [3.05, 3.63) is 34.6 Å². The molecule has 0 saturated carbocycles. The maximum atomic E-state index is 13.4. The molecule has 0 aliphatic heterocycles. The first-order chi connectivity index (χ1) is 7.04. The van der Waals surface area contributed by atoms with Crippen molar-refractivity contribution in [2.75, 3.05) is 6.61 Å². The summed E-state index contributed by atoms with van der Waals surface area (Å²) < 4.78 is 13.4. The average molecular weight is 231 g/mol. The van der Waals surface area contributed by atoms with E-state index >= 15 is 0 Å². The predicted octanol–water partition coefficient (Wildman–Crippen LogP) is 3.29. The molecule has 84 valence electrons. The van der Waals surface area contributed by atoms with Gasteiger partial charge in [0.25, 0.3) is 0 Å². The zero-order valence-electron chi connectivity index (χ0n) is 9.00. The van der Waals surface area contributed by atoms with Crippen molar-refractivity contribution in [1.82, 2.24) is 0 Å². The summed E-state index contributed by atoms with van der Waals surface area (Å²) in [6.07, 6.45) is 0.553. The molecule has 0 radical (unpaired) electrons. The lowest BCUT2D eigenvalue weighted by Crippen LogP contribution is -2.16. The van der Waals surface area contributed by atoms with Gasteiger partial charge in [-0.2, -0.15) is 0 Å². The first-order valence-corrected chi connectivity index (χ1v) is 5.47. The Labute approximate surface area is 94.9 Å². The number of rotatable bonds is 4. The van der Waals surface area contributed by atoms with Gasteiger partial charge in [0.2, 0.25) is 0 Å². The molecule has 0 aliphatic rings. The van der Waals surface area contributed by atoms with E-state index in [9.17, 15) is 4.39 Å². The van der Waals surface area contributed by atoms with Gasteiger partial charge >= 0.3 is 0 Å². The van der Waals surface area contributed by atoms with Gasteiger partial charge in [-0.1, -0.05) is 31.5 Å². The Bertz CT molecular complexity index is 325. The highest BCUT2D eigenvalue weighted by Crippen LogP contribution is 2.21. The van der Waals surface area contributed by atoms with Crippen molar-refractivity contribution in [2.45, 2.75) is 20.3 Å². The average Bonchev–Trinajstić information content (AvgIpc) is 2.16. The molecule has 1 unspecified atom stereocenters. The summed E-state index contributed by atoms with van der Waals surface area (Å²) in [5.74, 6) is 0.146. The zero-order chi connectivity index (χ0) is 11.4. The number of aliphatic hydroxyl groups excluding tert-OH is 1. The van der Waals surface area contributed by atoms with Gasteiger partial charge in [-0.3, -0.25) is 0 Å². The van der Waals surface area contributed by atoms with Crippen LogP contribution in [0.3, 0.4) is 0 Å². The van der Waals surface area contributed by atoms with E-state index in [4.69, 9.17) is 16.7 Å². The van der Waals surface area contributed by atoms with E-state index in [1.165, 1.54) is 6.07 Å². The second-order valence-electron chi connectivity index (χ2n) is 4.13. The minimum atomic E-state index is -0.290. The quantitative estimate of drug-likeness (QED) is 0.842. The van der Waals surface area contributed by atoms with Gasteiger partial charge in [0, 0.05) is 11.6 Å². The first kappa shape index (κ1) is 12.5. The molecule has 1 rings (SSSR count). The molecule has 0 aromatic heterocycles. The fourth-order valence-corrected chi connectivity index (χ4v) is 1.64. The van der Waals surface area contributed by atoms with Crippen LogP contribution in [0.1, 0.15) is 19.4 Å². The SMILES string of the molecule is CC(C)C(CO)Cc1ccc(Cl)cc1F. The summed E-state index contributed by atoms with van der Waals surface area (Å²) in [5, 5.41) is 9.56. The third-order valence-electron chi connectivity index (χ3n) is 2.67. The highest BCUT2D eigenvalue weighted by Gasteiger charge is 2.15. The maximum Gasteiger partial charge on any atom is 0.127 e. The fourth-order valence-electron chi connectivity index (χ4n) is 1.48. The van der Waals surface area contributed by atoms with Gasteiger partial charge in [-0.05, 0) is 36.0 Å². The maximum absolute atomic E-state index is 13.4. The van der Waals surface area contributed by atoms with Crippen molar-refractivity contribution in [1.29, 1.82) is 0 Å². The van der Waals surface area contributed by atoms with Gasteiger partial charge in [-0.15, -0.1) is 0 Å². The second-order valence-corrected chi connectivity index (χ2v) is 4.56. The van der Waals surface area contributed by atoms with E-state index in [1.807, 2.05) is 13.8 Å². The highest BCUT2D eigenvalue weighted by atomic mass is 35.5. The molecule has 0 heterocycles. The topological polar surface area (TPSA) is 20.2 Å². The van der Waals surface area contributed by atoms with Gasteiger partial charge in [0.05, 0.1) is 0 Å². The summed E-state index contributed by atoms with van der Waals surface area (Å²) in [5.41, 5.74) is 0.618. The Morgan fingerprint density at radius 2 is 2.07 bits per heavy atom. The normalized spacial score (nSPS) is 13.2. The van der Waals surface area contributed by atoms with Crippen LogP contribution in [0.4, 0.5) is 4.39 Å². The Morgan fingerprint density at radius 3 is 2.53 bits per heavy atom. The Balaban J connectivity index is 2.79. The molecular formula is C12H16ClFO. The lowest BCUT2D eigenvalue weighted by Gasteiger charge is -2.18. The molecule has 0 amide bonds. The van der Waals surface area contributed by atoms with Crippen LogP contribution in [0.2, 0.25) is 5.02 Å². The molecule has 0 aliphatic carbocycles.